The van der Waals surface area contributed by atoms with Crippen molar-refractivity contribution in [3.63, 3.8) is 0 Å². The number of likely N-dealkylation sites (N-methyl/N-ethyl adjacent to an activating group) is 1. The van der Waals surface area contributed by atoms with Crippen LogP contribution in [-0.2, 0) is 4.79 Å². The van der Waals surface area contributed by atoms with Crippen LogP contribution in [0.1, 0.15) is 5.56 Å². The fourth-order valence-corrected chi connectivity index (χ4v) is 5.49. The van der Waals surface area contributed by atoms with E-state index in [1.807, 2.05) is 42.5 Å². The number of piperazine rings is 1. The molecule has 1 amide bonds. The molecule has 0 aromatic heterocycles. The van der Waals surface area contributed by atoms with Gasteiger partial charge in [-0.1, -0.05) is 42.2 Å². The first-order valence-corrected chi connectivity index (χ1v) is 13.6. The van der Waals surface area contributed by atoms with Gasteiger partial charge in [0.05, 0.1) is 10.6 Å². The second-order valence-corrected chi connectivity index (χ2v) is 10.8. The van der Waals surface area contributed by atoms with Crippen LogP contribution in [-0.4, -0.2) is 66.4 Å². The maximum absolute atomic E-state index is 13.3. The standard InChI is InChI=1S/C29H28FN3O3S2/c1-31-13-15-32(16-14-31)17-18-35-26-4-2-3-23(20-26)33-28(34)27(38-29(33)37)19-21-5-9-24(10-6-21)36-25-11-7-22(30)8-12-25/h2-12,19-20H,13-18H2,1H3/b27-19-. The Morgan fingerprint density at radius 1 is 0.947 bits per heavy atom. The number of benzene rings is 3. The van der Waals surface area contributed by atoms with Crippen molar-refractivity contribution in [3.8, 4) is 17.2 Å². The third-order valence-corrected chi connectivity index (χ3v) is 7.67. The van der Waals surface area contributed by atoms with Crippen LogP contribution in [0, 0.1) is 5.82 Å². The number of thioether (sulfide) groups is 1. The quantitative estimate of drug-likeness (QED) is 0.266. The molecule has 0 aliphatic carbocycles. The molecule has 6 nitrogen and oxygen atoms in total. The van der Waals surface area contributed by atoms with Crippen LogP contribution < -0.4 is 14.4 Å². The number of hydrogen-bond donors (Lipinski definition) is 0. The van der Waals surface area contributed by atoms with Crippen LogP contribution in [0.3, 0.4) is 0 Å². The molecule has 0 atom stereocenters. The molecule has 2 saturated heterocycles. The Labute approximate surface area is 231 Å². The van der Waals surface area contributed by atoms with Gasteiger partial charge in [0.25, 0.3) is 5.91 Å². The molecule has 0 saturated carbocycles. The third kappa shape index (κ3) is 6.60. The third-order valence-electron chi connectivity index (χ3n) is 6.37. The molecule has 2 aliphatic heterocycles. The maximum Gasteiger partial charge on any atom is 0.270 e. The lowest BCUT2D eigenvalue weighted by Gasteiger charge is -2.32. The number of ether oxygens (including phenoxy) is 2. The topological polar surface area (TPSA) is 45.2 Å². The average Bonchev–Trinajstić information content (AvgIpc) is 3.20. The van der Waals surface area contributed by atoms with Crippen LogP contribution in [0.25, 0.3) is 6.08 Å². The molecular weight excluding hydrogens is 521 g/mol. The first kappa shape index (κ1) is 26.4. The highest BCUT2D eigenvalue weighted by Crippen LogP contribution is 2.37. The first-order chi connectivity index (χ1) is 18.4. The summed E-state index contributed by atoms with van der Waals surface area (Å²) < 4.78 is 25.3. The summed E-state index contributed by atoms with van der Waals surface area (Å²) in [5, 5.41) is 0. The molecule has 2 fully saturated rings. The van der Waals surface area contributed by atoms with Crippen LogP contribution in [0.4, 0.5) is 10.1 Å². The summed E-state index contributed by atoms with van der Waals surface area (Å²) >= 11 is 6.82. The van der Waals surface area contributed by atoms with E-state index in [2.05, 4.69) is 16.8 Å². The van der Waals surface area contributed by atoms with Crippen molar-refractivity contribution in [1.82, 2.24) is 9.80 Å². The van der Waals surface area contributed by atoms with Crippen LogP contribution in [0.5, 0.6) is 17.2 Å². The summed E-state index contributed by atoms with van der Waals surface area (Å²) in [5.41, 5.74) is 1.54. The number of rotatable bonds is 8. The normalized spacial score (nSPS) is 17.8. The number of halogens is 1. The summed E-state index contributed by atoms with van der Waals surface area (Å²) in [6.07, 6.45) is 1.82. The minimum atomic E-state index is -0.314. The Balaban J connectivity index is 1.20. The lowest BCUT2D eigenvalue weighted by molar-refractivity contribution is -0.113. The molecule has 0 radical (unpaired) electrons. The van der Waals surface area contributed by atoms with Crippen molar-refractivity contribution < 1.29 is 18.7 Å². The molecule has 0 spiro atoms. The van der Waals surface area contributed by atoms with Gasteiger partial charge in [0.15, 0.2) is 4.32 Å². The first-order valence-electron chi connectivity index (χ1n) is 12.4. The largest absolute Gasteiger partial charge is 0.492 e. The Bertz CT molecular complexity index is 1320. The second kappa shape index (κ2) is 12.1. The molecule has 0 N–H and O–H groups in total. The van der Waals surface area contributed by atoms with E-state index in [-0.39, 0.29) is 11.7 Å². The molecule has 0 unspecified atom stereocenters. The highest BCUT2D eigenvalue weighted by atomic mass is 32.2. The lowest BCUT2D eigenvalue weighted by Crippen LogP contribution is -2.45. The van der Waals surface area contributed by atoms with Gasteiger partial charge in [0.1, 0.15) is 29.7 Å². The second-order valence-electron chi connectivity index (χ2n) is 9.13. The number of carbonyl (C=O) groups is 1. The van der Waals surface area contributed by atoms with Crippen molar-refractivity contribution in [2.45, 2.75) is 0 Å². The molecule has 5 rings (SSSR count). The van der Waals surface area contributed by atoms with E-state index >= 15 is 0 Å². The molecule has 3 aromatic rings. The Kier molecular flexibility index (Phi) is 8.38. The van der Waals surface area contributed by atoms with Crippen molar-refractivity contribution >= 4 is 46.0 Å². The maximum atomic E-state index is 13.3. The predicted molar refractivity (Wildman–Crippen MR) is 154 cm³/mol. The molecule has 38 heavy (non-hydrogen) atoms. The summed E-state index contributed by atoms with van der Waals surface area (Å²) in [6, 6.07) is 20.7. The van der Waals surface area contributed by atoms with E-state index in [1.165, 1.54) is 23.9 Å². The van der Waals surface area contributed by atoms with E-state index in [9.17, 15) is 9.18 Å². The van der Waals surface area contributed by atoms with E-state index in [0.29, 0.717) is 38.8 Å². The van der Waals surface area contributed by atoms with Gasteiger partial charge in [-0.15, -0.1) is 0 Å². The van der Waals surface area contributed by atoms with Gasteiger partial charge in [-0.2, -0.15) is 0 Å². The van der Waals surface area contributed by atoms with Gasteiger partial charge in [0, 0.05) is 38.8 Å². The number of thiocarbonyl (C=S) groups is 1. The number of anilines is 1. The molecule has 9 heteroatoms. The minimum absolute atomic E-state index is 0.166. The fourth-order valence-electron chi connectivity index (χ4n) is 4.19. The predicted octanol–water partition coefficient (Wildman–Crippen LogP) is 5.65. The summed E-state index contributed by atoms with van der Waals surface area (Å²) in [6.45, 7) is 5.71. The Hall–Kier alpha value is -3.24. The summed E-state index contributed by atoms with van der Waals surface area (Å²) in [7, 11) is 2.14. The van der Waals surface area contributed by atoms with Gasteiger partial charge in [-0.25, -0.2) is 4.39 Å². The lowest BCUT2D eigenvalue weighted by atomic mass is 10.2. The van der Waals surface area contributed by atoms with Crippen molar-refractivity contribution in [3.05, 3.63) is 89.1 Å². The Morgan fingerprint density at radius 3 is 2.34 bits per heavy atom. The van der Waals surface area contributed by atoms with Gasteiger partial charge in [0.2, 0.25) is 0 Å². The van der Waals surface area contributed by atoms with Crippen molar-refractivity contribution in [1.29, 1.82) is 0 Å². The Morgan fingerprint density at radius 2 is 1.63 bits per heavy atom. The zero-order valence-corrected chi connectivity index (χ0v) is 22.6. The number of nitrogens with zero attached hydrogens (tertiary/aromatic N) is 3. The van der Waals surface area contributed by atoms with Gasteiger partial charge >= 0.3 is 0 Å². The zero-order valence-electron chi connectivity index (χ0n) is 21.0. The monoisotopic (exact) mass is 549 g/mol. The minimum Gasteiger partial charge on any atom is -0.492 e. The smallest absolute Gasteiger partial charge is 0.270 e. The molecular formula is C29H28FN3O3S2. The van der Waals surface area contributed by atoms with Crippen molar-refractivity contribution in [2.75, 3.05) is 51.3 Å². The fraction of sp³-hybridized carbons (Fsp3) is 0.241. The molecule has 2 heterocycles. The van der Waals surface area contributed by atoms with E-state index < -0.39 is 0 Å². The van der Waals surface area contributed by atoms with Gasteiger partial charge in [-0.3, -0.25) is 14.6 Å². The average molecular weight is 550 g/mol. The molecule has 2 aliphatic rings. The van der Waals surface area contributed by atoms with Crippen LogP contribution >= 0.6 is 24.0 Å². The SMILES string of the molecule is CN1CCN(CCOc2cccc(N3C(=O)/C(=C/c4ccc(Oc5ccc(F)cc5)cc4)SC3=S)c2)CC1. The summed E-state index contributed by atoms with van der Waals surface area (Å²) in [5.74, 6) is 1.40. The highest BCUT2D eigenvalue weighted by molar-refractivity contribution is 8.27. The molecule has 3 aromatic carbocycles. The van der Waals surface area contributed by atoms with Crippen molar-refractivity contribution in [2.24, 2.45) is 0 Å². The molecule has 0 bridgehead atoms. The van der Waals surface area contributed by atoms with Gasteiger partial charge < -0.3 is 14.4 Å². The highest BCUT2D eigenvalue weighted by Gasteiger charge is 2.33. The number of carbonyl (C=O) groups excluding carboxylic acids is 1. The number of amides is 1. The van der Waals surface area contributed by atoms with Gasteiger partial charge in [-0.05, 0) is 67.2 Å². The number of hydrogen-bond acceptors (Lipinski definition) is 7. The molecule has 196 valence electrons. The zero-order chi connectivity index (χ0) is 26.5. The van der Waals surface area contributed by atoms with E-state index in [4.69, 9.17) is 21.7 Å². The van der Waals surface area contributed by atoms with Crippen LogP contribution in [0.2, 0.25) is 0 Å². The summed E-state index contributed by atoms with van der Waals surface area (Å²) in [4.78, 5) is 20.1. The van der Waals surface area contributed by atoms with E-state index in [0.717, 1.165) is 38.3 Å². The van der Waals surface area contributed by atoms with Crippen LogP contribution in [0.15, 0.2) is 77.7 Å². The van der Waals surface area contributed by atoms with E-state index in [1.54, 1.807) is 29.2 Å².